The third-order valence-electron chi connectivity index (χ3n) is 2.39. The topological polar surface area (TPSA) is 90.2 Å². The van der Waals surface area contributed by atoms with E-state index in [0.717, 1.165) is 6.42 Å². The molecule has 1 fully saturated rings. The van der Waals surface area contributed by atoms with Gasteiger partial charge in [0.1, 0.15) is 6.10 Å². The molecular weight excluding hydrogens is 176 g/mol. The van der Waals surface area contributed by atoms with E-state index >= 15 is 0 Å². The van der Waals surface area contributed by atoms with Crippen molar-refractivity contribution in [1.82, 2.24) is 0 Å². The smallest absolute Gasteiger partial charge is 0.247 e. The van der Waals surface area contributed by atoms with Crippen molar-refractivity contribution in [1.29, 1.82) is 0 Å². The molecule has 2 atom stereocenters. The first-order valence-corrected chi connectivity index (χ1v) is 4.43. The Morgan fingerprint density at radius 2 is 2.00 bits per heavy atom. The predicted octanol–water partition coefficient (Wildman–Crippen LogP) is -1.06. The predicted molar refractivity (Wildman–Crippen MR) is 43.6 cm³/mol. The summed E-state index contributed by atoms with van der Waals surface area (Å²) in [6, 6.07) is 0. The number of hydrogen-bond donors (Lipinski definition) is 4. The van der Waals surface area contributed by atoms with Gasteiger partial charge in [0.05, 0.1) is 6.61 Å². The standard InChI is InChI=1S/C8H16O5/c1-2-3-4-7(10)8(11,12)6(9)5-13-7/h6,9-12H,2-5H2,1H3. The van der Waals surface area contributed by atoms with Gasteiger partial charge in [-0.2, -0.15) is 0 Å². The number of aliphatic hydroxyl groups excluding tert-OH is 1. The van der Waals surface area contributed by atoms with Crippen LogP contribution < -0.4 is 0 Å². The van der Waals surface area contributed by atoms with Gasteiger partial charge in [-0.05, 0) is 6.42 Å². The molecule has 0 saturated carbocycles. The maximum atomic E-state index is 9.64. The van der Waals surface area contributed by atoms with E-state index in [2.05, 4.69) is 0 Å². The van der Waals surface area contributed by atoms with Crippen LogP contribution in [0.2, 0.25) is 0 Å². The Balaban J connectivity index is 2.67. The summed E-state index contributed by atoms with van der Waals surface area (Å²) in [4.78, 5) is 0. The number of rotatable bonds is 3. The van der Waals surface area contributed by atoms with Crippen LogP contribution in [0.1, 0.15) is 26.2 Å². The van der Waals surface area contributed by atoms with Crippen molar-refractivity contribution in [3.8, 4) is 0 Å². The molecule has 0 aliphatic carbocycles. The molecule has 0 radical (unpaired) electrons. The van der Waals surface area contributed by atoms with Gasteiger partial charge >= 0.3 is 0 Å². The molecule has 0 amide bonds. The Morgan fingerprint density at radius 3 is 2.38 bits per heavy atom. The van der Waals surface area contributed by atoms with Gasteiger partial charge in [0.25, 0.3) is 0 Å². The Hall–Kier alpha value is -0.200. The van der Waals surface area contributed by atoms with Crippen LogP contribution in [-0.4, -0.2) is 44.7 Å². The van der Waals surface area contributed by atoms with Gasteiger partial charge < -0.3 is 25.2 Å². The Morgan fingerprint density at radius 1 is 1.38 bits per heavy atom. The molecule has 0 spiro atoms. The molecule has 0 bridgehead atoms. The van der Waals surface area contributed by atoms with E-state index in [9.17, 15) is 15.3 Å². The van der Waals surface area contributed by atoms with Gasteiger partial charge in [0.15, 0.2) is 0 Å². The van der Waals surface area contributed by atoms with Crippen molar-refractivity contribution in [3.05, 3.63) is 0 Å². The first kappa shape index (κ1) is 10.9. The number of hydrogen-bond acceptors (Lipinski definition) is 5. The Bertz CT molecular complexity index is 181. The minimum absolute atomic E-state index is 0.105. The third kappa shape index (κ3) is 1.70. The average molecular weight is 192 g/mol. The second-order valence-corrected chi connectivity index (χ2v) is 3.44. The molecule has 0 aromatic rings. The second-order valence-electron chi connectivity index (χ2n) is 3.44. The number of aliphatic hydroxyl groups is 4. The van der Waals surface area contributed by atoms with E-state index in [1.807, 2.05) is 6.92 Å². The molecule has 1 heterocycles. The fraction of sp³-hybridized carbons (Fsp3) is 1.00. The second kappa shape index (κ2) is 3.51. The lowest BCUT2D eigenvalue weighted by molar-refractivity contribution is -0.345. The van der Waals surface area contributed by atoms with Gasteiger partial charge in [-0.25, -0.2) is 0 Å². The average Bonchev–Trinajstić information content (AvgIpc) is 2.27. The Kier molecular flexibility index (Phi) is 2.94. The molecule has 4 N–H and O–H groups in total. The van der Waals surface area contributed by atoms with Gasteiger partial charge in [-0.15, -0.1) is 0 Å². The summed E-state index contributed by atoms with van der Waals surface area (Å²) in [5.74, 6) is -4.58. The first-order chi connectivity index (χ1) is 5.94. The largest absolute Gasteiger partial charge is 0.385 e. The monoisotopic (exact) mass is 192 g/mol. The quantitative estimate of drug-likeness (QED) is 0.428. The van der Waals surface area contributed by atoms with E-state index < -0.39 is 17.7 Å². The van der Waals surface area contributed by atoms with Crippen LogP contribution >= 0.6 is 0 Å². The minimum Gasteiger partial charge on any atom is -0.385 e. The lowest BCUT2D eigenvalue weighted by atomic mass is 9.98. The van der Waals surface area contributed by atoms with Crippen LogP contribution in [0.4, 0.5) is 0 Å². The van der Waals surface area contributed by atoms with E-state index in [0.29, 0.717) is 6.42 Å². The summed E-state index contributed by atoms with van der Waals surface area (Å²) in [5, 5.41) is 37.4. The van der Waals surface area contributed by atoms with Crippen LogP contribution in [0.5, 0.6) is 0 Å². The maximum Gasteiger partial charge on any atom is 0.247 e. The molecule has 1 rings (SSSR count). The molecule has 5 nitrogen and oxygen atoms in total. The van der Waals surface area contributed by atoms with E-state index in [1.54, 1.807) is 0 Å². The zero-order chi connectivity index (χ0) is 10.1. The van der Waals surface area contributed by atoms with Crippen LogP contribution in [0.3, 0.4) is 0 Å². The first-order valence-electron chi connectivity index (χ1n) is 4.43. The lowest BCUT2D eigenvalue weighted by Crippen LogP contribution is -2.56. The van der Waals surface area contributed by atoms with E-state index in [-0.39, 0.29) is 13.0 Å². The third-order valence-corrected chi connectivity index (χ3v) is 2.39. The maximum absolute atomic E-state index is 9.64. The normalized spacial score (nSPS) is 38.1. The highest BCUT2D eigenvalue weighted by atomic mass is 16.7. The highest BCUT2D eigenvalue weighted by Gasteiger charge is 2.59. The van der Waals surface area contributed by atoms with Crippen LogP contribution in [-0.2, 0) is 4.74 Å². The van der Waals surface area contributed by atoms with Gasteiger partial charge in [-0.3, -0.25) is 0 Å². The molecule has 5 heteroatoms. The minimum atomic E-state index is -2.55. The molecular formula is C8H16O5. The van der Waals surface area contributed by atoms with E-state index in [1.165, 1.54) is 0 Å². The van der Waals surface area contributed by atoms with Crippen LogP contribution in [0.15, 0.2) is 0 Å². The van der Waals surface area contributed by atoms with Crippen molar-refractivity contribution in [2.75, 3.05) is 6.61 Å². The van der Waals surface area contributed by atoms with E-state index in [4.69, 9.17) is 9.84 Å². The summed E-state index contributed by atoms with van der Waals surface area (Å²) < 4.78 is 4.78. The number of ether oxygens (including phenoxy) is 1. The summed E-state index contributed by atoms with van der Waals surface area (Å²) in [6.07, 6.45) is 0.0617. The molecule has 1 aliphatic rings. The molecule has 2 unspecified atom stereocenters. The SMILES string of the molecule is CCCCC1(O)OCC(O)C1(O)O. The fourth-order valence-electron chi connectivity index (χ4n) is 1.37. The van der Waals surface area contributed by atoms with Gasteiger partial charge in [0.2, 0.25) is 11.6 Å². The van der Waals surface area contributed by atoms with Gasteiger partial charge in [0, 0.05) is 6.42 Å². The van der Waals surface area contributed by atoms with Crippen molar-refractivity contribution >= 4 is 0 Å². The molecule has 0 aromatic carbocycles. The van der Waals surface area contributed by atoms with Gasteiger partial charge in [-0.1, -0.05) is 13.3 Å². The van der Waals surface area contributed by atoms with Crippen molar-refractivity contribution in [2.45, 2.75) is 43.9 Å². The molecule has 13 heavy (non-hydrogen) atoms. The zero-order valence-corrected chi connectivity index (χ0v) is 7.60. The summed E-state index contributed by atoms with van der Waals surface area (Å²) in [5.41, 5.74) is 0. The molecule has 1 aliphatic heterocycles. The zero-order valence-electron chi connectivity index (χ0n) is 7.60. The molecule has 1 saturated heterocycles. The fourth-order valence-corrected chi connectivity index (χ4v) is 1.37. The highest BCUT2D eigenvalue weighted by Crippen LogP contribution is 2.35. The highest BCUT2D eigenvalue weighted by molar-refractivity contribution is 4.95. The summed E-state index contributed by atoms with van der Waals surface area (Å²) in [7, 11) is 0. The molecule has 0 aromatic heterocycles. The van der Waals surface area contributed by atoms with Crippen molar-refractivity contribution in [3.63, 3.8) is 0 Å². The van der Waals surface area contributed by atoms with Crippen LogP contribution in [0.25, 0.3) is 0 Å². The summed E-state index contributed by atoms with van der Waals surface area (Å²) in [6.45, 7) is 1.65. The van der Waals surface area contributed by atoms with Crippen LogP contribution in [0, 0.1) is 0 Å². The number of unbranched alkanes of at least 4 members (excludes halogenated alkanes) is 1. The summed E-state index contributed by atoms with van der Waals surface area (Å²) >= 11 is 0. The molecule has 78 valence electrons. The van der Waals surface area contributed by atoms with Crippen molar-refractivity contribution in [2.24, 2.45) is 0 Å². The Labute approximate surface area is 76.6 Å². The van der Waals surface area contributed by atoms with Crippen molar-refractivity contribution < 1.29 is 25.2 Å². The lowest BCUT2D eigenvalue weighted by Gasteiger charge is -2.32.